The molecule has 3 rings (SSSR count). The monoisotopic (exact) mass is 324 g/mol. The number of amides is 2. The van der Waals surface area contributed by atoms with Crippen LogP contribution in [0, 0.1) is 0 Å². The molecule has 0 spiro atoms. The third-order valence-electron chi connectivity index (χ3n) is 3.51. The number of benzene rings is 2. The molecular weight excluding hydrogens is 308 g/mol. The van der Waals surface area contributed by atoms with Gasteiger partial charge in [-0.15, -0.1) is 11.3 Å². The van der Waals surface area contributed by atoms with Crippen LogP contribution < -0.4 is 10.6 Å². The van der Waals surface area contributed by atoms with E-state index < -0.39 is 6.04 Å². The van der Waals surface area contributed by atoms with Gasteiger partial charge in [0.25, 0.3) is 5.91 Å². The summed E-state index contributed by atoms with van der Waals surface area (Å²) in [6.45, 7) is 1.67. The standard InChI is InChI=1S/C18H16N2O2S/c1-12(19-18(22)14-6-3-2-4-7-14)17(21)20-15-9-5-8-13-10-11-23-16(13)15/h2-12H,1H3,(H,19,22)(H,20,21). The molecule has 2 aromatic carbocycles. The molecule has 1 atom stereocenters. The first kappa shape index (κ1) is 15.2. The molecule has 5 heteroatoms. The van der Waals surface area contributed by atoms with Crippen LogP contribution in [0.5, 0.6) is 0 Å². The molecule has 1 heterocycles. The molecule has 0 radical (unpaired) electrons. The average molecular weight is 324 g/mol. The maximum Gasteiger partial charge on any atom is 0.251 e. The van der Waals surface area contributed by atoms with Gasteiger partial charge in [-0.05, 0) is 42.0 Å². The summed E-state index contributed by atoms with van der Waals surface area (Å²) in [6, 6.07) is 16.0. The quantitative estimate of drug-likeness (QED) is 0.769. The highest BCUT2D eigenvalue weighted by Gasteiger charge is 2.17. The van der Waals surface area contributed by atoms with Gasteiger partial charge < -0.3 is 10.6 Å². The van der Waals surface area contributed by atoms with Crippen LogP contribution in [-0.2, 0) is 4.79 Å². The van der Waals surface area contributed by atoms with Crippen molar-refractivity contribution in [1.29, 1.82) is 0 Å². The van der Waals surface area contributed by atoms with Gasteiger partial charge in [-0.25, -0.2) is 0 Å². The lowest BCUT2D eigenvalue weighted by atomic mass is 10.2. The summed E-state index contributed by atoms with van der Waals surface area (Å²) in [5.41, 5.74) is 1.30. The molecule has 116 valence electrons. The molecule has 1 unspecified atom stereocenters. The molecule has 3 aromatic rings. The van der Waals surface area contributed by atoms with Crippen LogP contribution in [-0.4, -0.2) is 17.9 Å². The predicted octanol–water partition coefficient (Wildman–Crippen LogP) is 3.66. The molecule has 0 saturated carbocycles. The van der Waals surface area contributed by atoms with Crippen LogP contribution in [0.1, 0.15) is 17.3 Å². The number of fused-ring (bicyclic) bond motifs is 1. The average Bonchev–Trinajstić information content (AvgIpc) is 3.05. The number of hydrogen-bond acceptors (Lipinski definition) is 3. The van der Waals surface area contributed by atoms with Crippen LogP contribution in [0.4, 0.5) is 5.69 Å². The van der Waals surface area contributed by atoms with Gasteiger partial charge in [-0.1, -0.05) is 30.3 Å². The largest absolute Gasteiger partial charge is 0.341 e. The Balaban J connectivity index is 1.68. The van der Waals surface area contributed by atoms with E-state index in [9.17, 15) is 9.59 Å². The van der Waals surface area contributed by atoms with Gasteiger partial charge in [0, 0.05) is 5.56 Å². The van der Waals surface area contributed by atoms with Crippen molar-refractivity contribution in [3.63, 3.8) is 0 Å². The van der Waals surface area contributed by atoms with Gasteiger partial charge in [-0.3, -0.25) is 9.59 Å². The van der Waals surface area contributed by atoms with Gasteiger partial charge in [0.15, 0.2) is 0 Å². The molecule has 0 bridgehead atoms. The Hall–Kier alpha value is -2.66. The first-order chi connectivity index (χ1) is 11.1. The molecule has 0 fully saturated rings. The second-order valence-corrected chi connectivity index (χ2v) is 6.11. The van der Waals surface area contributed by atoms with E-state index in [-0.39, 0.29) is 11.8 Å². The van der Waals surface area contributed by atoms with Crippen molar-refractivity contribution in [3.05, 3.63) is 65.5 Å². The van der Waals surface area contributed by atoms with Crippen molar-refractivity contribution in [1.82, 2.24) is 5.32 Å². The number of anilines is 1. The van der Waals surface area contributed by atoms with Gasteiger partial charge in [0.1, 0.15) is 6.04 Å². The SMILES string of the molecule is CC(NC(=O)c1ccccc1)C(=O)Nc1cccc2ccsc12. The Morgan fingerprint density at radius 1 is 1.00 bits per heavy atom. The Labute approximate surface area is 138 Å². The van der Waals surface area contributed by atoms with Crippen LogP contribution in [0.3, 0.4) is 0 Å². The molecule has 1 aromatic heterocycles. The van der Waals surface area contributed by atoms with Gasteiger partial charge in [0.2, 0.25) is 5.91 Å². The van der Waals surface area contributed by atoms with E-state index in [2.05, 4.69) is 10.6 Å². The predicted molar refractivity (Wildman–Crippen MR) is 93.8 cm³/mol. The normalized spacial score (nSPS) is 11.9. The second kappa shape index (κ2) is 6.62. The zero-order valence-corrected chi connectivity index (χ0v) is 13.4. The first-order valence-corrected chi connectivity index (χ1v) is 8.16. The summed E-state index contributed by atoms with van der Waals surface area (Å²) >= 11 is 1.58. The molecule has 4 nitrogen and oxygen atoms in total. The fourth-order valence-electron chi connectivity index (χ4n) is 2.27. The maximum atomic E-state index is 12.3. The van der Waals surface area contributed by atoms with Crippen molar-refractivity contribution in [2.24, 2.45) is 0 Å². The van der Waals surface area contributed by atoms with E-state index in [0.29, 0.717) is 5.56 Å². The minimum absolute atomic E-state index is 0.241. The fourth-order valence-corrected chi connectivity index (χ4v) is 3.14. The highest BCUT2D eigenvalue weighted by atomic mass is 32.1. The maximum absolute atomic E-state index is 12.3. The highest BCUT2D eigenvalue weighted by molar-refractivity contribution is 7.17. The van der Waals surface area contributed by atoms with Crippen molar-refractivity contribution >= 4 is 38.9 Å². The highest BCUT2D eigenvalue weighted by Crippen LogP contribution is 2.28. The van der Waals surface area contributed by atoms with Crippen LogP contribution >= 0.6 is 11.3 Å². The number of thiophene rings is 1. The van der Waals surface area contributed by atoms with Crippen molar-refractivity contribution in [2.75, 3.05) is 5.32 Å². The Morgan fingerprint density at radius 3 is 2.57 bits per heavy atom. The van der Waals surface area contributed by atoms with Crippen molar-refractivity contribution < 1.29 is 9.59 Å². The summed E-state index contributed by atoms with van der Waals surface area (Å²) in [7, 11) is 0. The zero-order valence-electron chi connectivity index (χ0n) is 12.6. The molecule has 2 N–H and O–H groups in total. The molecule has 0 aliphatic carbocycles. The minimum Gasteiger partial charge on any atom is -0.341 e. The third kappa shape index (κ3) is 3.40. The van der Waals surface area contributed by atoms with E-state index in [4.69, 9.17) is 0 Å². The Morgan fingerprint density at radius 2 is 1.78 bits per heavy atom. The summed E-state index contributed by atoms with van der Waals surface area (Å²) in [4.78, 5) is 24.4. The summed E-state index contributed by atoms with van der Waals surface area (Å²) < 4.78 is 1.03. The summed E-state index contributed by atoms with van der Waals surface area (Å²) in [6.07, 6.45) is 0. The van der Waals surface area contributed by atoms with Gasteiger partial charge in [0.05, 0.1) is 10.4 Å². The minimum atomic E-state index is -0.627. The number of carbonyl (C=O) groups excluding carboxylic acids is 2. The molecular formula is C18H16N2O2S. The molecule has 2 amide bonds. The van der Waals surface area contributed by atoms with E-state index in [1.165, 1.54) is 0 Å². The molecule has 0 aliphatic rings. The lowest BCUT2D eigenvalue weighted by Gasteiger charge is -2.14. The topological polar surface area (TPSA) is 58.2 Å². The van der Waals surface area contributed by atoms with Crippen molar-refractivity contribution in [2.45, 2.75) is 13.0 Å². The number of nitrogens with one attached hydrogen (secondary N) is 2. The summed E-state index contributed by atoms with van der Waals surface area (Å²) in [5, 5.41) is 8.67. The Kier molecular flexibility index (Phi) is 4.39. The first-order valence-electron chi connectivity index (χ1n) is 7.28. The van der Waals surface area contributed by atoms with E-state index in [1.807, 2.05) is 35.7 Å². The van der Waals surface area contributed by atoms with E-state index in [0.717, 1.165) is 15.8 Å². The number of hydrogen-bond donors (Lipinski definition) is 2. The molecule has 0 saturated heterocycles. The summed E-state index contributed by atoms with van der Waals surface area (Å²) in [5.74, 6) is -0.502. The zero-order chi connectivity index (χ0) is 16.2. The smallest absolute Gasteiger partial charge is 0.251 e. The van der Waals surface area contributed by atoms with Crippen LogP contribution in [0.25, 0.3) is 10.1 Å². The van der Waals surface area contributed by atoms with Gasteiger partial charge in [-0.2, -0.15) is 0 Å². The molecule has 0 aliphatic heterocycles. The van der Waals surface area contributed by atoms with Crippen molar-refractivity contribution in [3.8, 4) is 0 Å². The second-order valence-electron chi connectivity index (χ2n) is 5.19. The third-order valence-corrected chi connectivity index (χ3v) is 4.48. The number of rotatable bonds is 4. The molecule has 23 heavy (non-hydrogen) atoms. The van der Waals surface area contributed by atoms with E-state index >= 15 is 0 Å². The van der Waals surface area contributed by atoms with E-state index in [1.54, 1.807) is 42.5 Å². The van der Waals surface area contributed by atoms with Crippen LogP contribution in [0.15, 0.2) is 60.0 Å². The number of carbonyl (C=O) groups is 2. The Bertz CT molecular complexity index is 842. The van der Waals surface area contributed by atoms with Gasteiger partial charge >= 0.3 is 0 Å². The fraction of sp³-hybridized carbons (Fsp3) is 0.111. The lowest BCUT2D eigenvalue weighted by molar-refractivity contribution is -0.117. The lowest BCUT2D eigenvalue weighted by Crippen LogP contribution is -2.41. The van der Waals surface area contributed by atoms with Crippen LogP contribution in [0.2, 0.25) is 0 Å².